The summed E-state index contributed by atoms with van der Waals surface area (Å²) in [5.74, 6) is 5.28. The van der Waals surface area contributed by atoms with Gasteiger partial charge in [0.15, 0.2) is 0 Å². The normalized spacial score (nSPS) is 44.9. The highest BCUT2D eigenvalue weighted by Gasteiger charge is 2.49. The van der Waals surface area contributed by atoms with Crippen LogP contribution in [0.25, 0.3) is 0 Å². The lowest BCUT2D eigenvalue weighted by Crippen LogP contribution is -2.52. The van der Waals surface area contributed by atoms with Gasteiger partial charge in [-0.05, 0) is 81.6 Å². The quantitative estimate of drug-likeness (QED) is 0.715. The van der Waals surface area contributed by atoms with E-state index in [9.17, 15) is 0 Å². The smallest absolute Gasteiger partial charge is 0.0101 e. The van der Waals surface area contributed by atoms with Crippen LogP contribution >= 0.6 is 0 Å². The minimum Gasteiger partial charge on any atom is -0.317 e. The maximum atomic E-state index is 3.88. The van der Waals surface area contributed by atoms with E-state index in [4.69, 9.17) is 0 Å². The van der Waals surface area contributed by atoms with Gasteiger partial charge in [-0.3, -0.25) is 0 Å². The Morgan fingerprint density at radius 2 is 1.71 bits per heavy atom. The molecule has 0 radical (unpaired) electrons. The van der Waals surface area contributed by atoms with Crippen molar-refractivity contribution in [3.05, 3.63) is 12.7 Å². The largest absolute Gasteiger partial charge is 0.317 e. The molecule has 0 aromatic carbocycles. The van der Waals surface area contributed by atoms with E-state index < -0.39 is 0 Å². The van der Waals surface area contributed by atoms with E-state index in [1.54, 1.807) is 32.1 Å². The van der Waals surface area contributed by atoms with Gasteiger partial charge in [0.25, 0.3) is 0 Å². The van der Waals surface area contributed by atoms with E-state index in [2.05, 4.69) is 25.0 Å². The summed E-state index contributed by atoms with van der Waals surface area (Å²) in [6.07, 6.45) is 12.3. The van der Waals surface area contributed by atoms with Gasteiger partial charge in [-0.25, -0.2) is 0 Å². The van der Waals surface area contributed by atoms with E-state index in [1.807, 2.05) is 0 Å². The fraction of sp³-hybridized carbons (Fsp3) is 0.875. The Morgan fingerprint density at radius 1 is 1.12 bits per heavy atom. The van der Waals surface area contributed by atoms with E-state index in [0.29, 0.717) is 0 Å². The monoisotopic (exact) mass is 233 g/mol. The highest BCUT2D eigenvalue weighted by molar-refractivity contribution is 5.01. The first-order valence-corrected chi connectivity index (χ1v) is 7.60. The molecule has 0 saturated heterocycles. The minimum atomic E-state index is 0.753. The highest BCUT2D eigenvalue weighted by Crippen LogP contribution is 2.57. The molecule has 17 heavy (non-hydrogen) atoms. The second-order valence-corrected chi connectivity index (χ2v) is 6.77. The molecule has 4 saturated carbocycles. The minimum absolute atomic E-state index is 0.753. The van der Waals surface area contributed by atoms with Gasteiger partial charge in [0.1, 0.15) is 0 Å². The Kier molecular flexibility index (Phi) is 3.30. The number of allylic oxidation sites excluding steroid dienone is 1. The van der Waals surface area contributed by atoms with Crippen LogP contribution in [-0.4, -0.2) is 13.1 Å². The summed E-state index contributed by atoms with van der Waals surface area (Å²) < 4.78 is 0. The number of rotatable bonds is 5. The van der Waals surface area contributed by atoms with Gasteiger partial charge < -0.3 is 5.32 Å². The van der Waals surface area contributed by atoms with Crippen LogP contribution in [0.3, 0.4) is 0 Å². The second-order valence-electron chi connectivity index (χ2n) is 6.77. The van der Waals surface area contributed by atoms with Crippen molar-refractivity contribution in [1.82, 2.24) is 5.32 Å². The maximum absolute atomic E-state index is 3.88. The van der Waals surface area contributed by atoms with Crippen molar-refractivity contribution in [3.8, 4) is 0 Å². The molecule has 0 heterocycles. The first kappa shape index (κ1) is 11.8. The maximum Gasteiger partial charge on any atom is 0.0101 e. The molecular weight excluding hydrogens is 206 g/mol. The molecule has 4 rings (SSSR count). The third kappa shape index (κ3) is 2.07. The Hall–Kier alpha value is -0.300. The van der Waals surface area contributed by atoms with Crippen LogP contribution in [0.4, 0.5) is 0 Å². The Bertz CT molecular complexity index is 255. The molecule has 0 aliphatic heterocycles. The summed E-state index contributed by atoms with van der Waals surface area (Å²) in [6, 6.07) is 0.753. The fourth-order valence-corrected chi connectivity index (χ4v) is 5.45. The molecule has 96 valence electrons. The SMILES string of the molecule is C=CCCC(NC)C1C2CC3CC(C2)CC1C3. The summed E-state index contributed by atoms with van der Waals surface area (Å²) in [4.78, 5) is 0. The Balaban J connectivity index is 1.71. The topological polar surface area (TPSA) is 12.0 Å². The van der Waals surface area contributed by atoms with Crippen molar-refractivity contribution in [1.29, 1.82) is 0 Å². The van der Waals surface area contributed by atoms with Crippen LogP contribution in [-0.2, 0) is 0 Å². The van der Waals surface area contributed by atoms with Crippen LogP contribution in [0.1, 0.15) is 44.9 Å². The number of nitrogens with one attached hydrogen (secondary N) is 1. The summed E-state index contributed by atoms with van der Waals surface area (Å²) in [5.41, 5.74) is 0. The van der Waals surface area contributed by atoms with Gasteiger partial charge in [0.05, 0.1) is 0 Å². The molecule has 0 aromatic heterocycles. The predicted molar refractivity (Wildman–Crippen MR) is 72.8 cm³/mol. The van der Waals surface area contributed by atoms with Crippen molar-refractivity contribution in [2.45, 2.75) is 51.0 Å². The fourth-order valence-electron chi connectivity index (χ4n) is 5.45. The molecule has 0 amide bonds. The highest BCUT2D eigenvalue weighted by atomic mass is 14.9. The third-order valence-corrected chi connectivity index (χ3v) is 5.82. The zero-order valence-electron chi connectivity index (χ0n) is 11.2. The van der Waals surface area contributed by atoms with Crippen LogP contribution in [0.2, 0.25) is 0 Å². The zero-order chi connectivity index (χ0) is 11.8. The molecular formula is C16H27N. The van der Waals surface area contributed by atoms with E-state index in [-0.39, 0.29) is 0 Å². The van der Waals surface area contributed by atoms with Crippen molar-refractivity contribution in [3.63, 3.8) is 0 Å². The average Bonchev–Trinajstić information content (AvgIpc) is 2.31. The van der Waals surface area contributed by atoms with Gasteiger partial charge in [-0.1, -0.05) is 6.08 Å². The van der Waals surface area contributed by atoms with Gasteiger partial charge in [-0.2, -0.15) is 0 Å². The van der Waals surface area contributed by atoms with Gasteiger partial charge >= 0.3 is 0 Å². The van der Waals surface area contributed by atoms with Crippen molar-refractivity contribution >= 4 is 0 Å². The Morgan fingerprint density at radius 3 is 2.18 bits per heavy atom. The van der Waals surface area contributed by atoms with Crippen LogP contribution in [0, 0.1) is 29.6 Å². The molecule has 0 aromatic rings. The first-order chi connectivity index (χ1) is 8.31. The molecule has 1 nitrogen and oxygen atoms in total. The van der Waals surface area contributed by atoms with Crippen molar-refractivity contribution in [2.24, 2.45) is 29.6 Å². The van der Waals surface area contributed by atoms with E-state index in [1.165, 1.54) is 12.8 Å². The molecule has 1 heteroatoms. The van der Waals surface area contributed by atoms with Gasteiger partial charge in [0.2, 0.25) is 0 Å². The van der Waals surface area contributed by atoms with Crippen LogP contribution in [0.5, 0.6) is 0 Å². The molecule has 1 atom stereocenters. The molecule has 4 bridgehead atoms. The van der Waals surface area contributed by atoms with Gasteiger partial charge in [0, 0.05) is 6.04 Å². The standard InChI is InChI=1S/C16H27N/c1-3-4-5-15(17-2)16-13-7-11-6-12(9-13)10-14(16)8-11/h3,11-17H,1,4-10H2,2H3. The molecule has 4 fully saturated rings. The zero-order valence-corrected chi connectivity index (χ0v) is 11.2. The molecule has 4 aliphatic rings. The lowest BCUT2D eigenvalue weighted by atomic mass is 9.50. The van der Waals surface area contributed by atoms with E-state index in [0.717, 1.165) is 35.6 Å². The third-order valence-electron chi connectivity index (χ3n) is 5.82. The average molecular weight is 233 g/mol. The predicted octanol–water partition coefficient (Wildman–Crippen LogP) is 3.61. The molecule has 0 spiro atoms. The number of hydrogen-bond donors (Lipinski definition) is 1. The lowest BCUT2D eigenvalue weighted by molar-refractivity contribution is -0.0517. The van der Waals surface area contributed by atoms with Crippen LogP contribution < -0.4 is 5.32 Å². The van der Waals surface area contributed by atoms with E-state index >= 15 is 0 Å². The first-order valence-electron chi connectivity index (χ1n) is 7.60. The number of hydrogen-bond acceptors (Lipinski definition) is 1. The second kappa shape index (κ2) is 4.76. The lowest BCUT2D eigenvalue weighted by Gasteiger charge is -2.56. The molecule has 1 unspecified atom stereocenters. The summed E-state index contributed by atoms with van der Waals surface area (Å²) in [5, 5.41) is 3.62. The van der Waals surface area contributed by atoms with Crippen molar-refractivity contribution < 1.29 is 0 Å². The summed E-state index contributed by atoms with van der Waals surface area (Å²) in [6.45, 7) is 3.88. The summed E-state index contributed by atoms with van der Waals surface area (Å²) in [7, 11) is 2.17. The van der Waals surface area contributed by atoms with Crippen LogP contribution in [0.15, 0.2) is 12.7 Å². The van der Waals surface area contributed by atoms with Crippen molar-refractivity contribution in [2.75, 3.05) is 7.05 Å². The molecule has 4 aliphatic carbocycles. The Labute approximate surface area is 106 Å². The summed E-state index contributed by atoms with van der Waals surface area (Å²) >= 11 is 0. The molecule has 1 N–H and O–H groups in total. The van der Waals surface area contributed by atoms with Gasteiger partial charge in [-0.15, -0.1) is 6.58 Å².